The lowest BCUT2D eigenvalue weighted by Gasteiger charge is -2.28. The minimum absolute atomic E-state index is 0.776. The second-order valence-electron chi connectivity index (χ2n) is 4.37. The number of hydrazone groups is 1. The van der Waals surface area contributed by atoms with E-state index >= 15 is 0 Å². The van der Waals surface area contributed by atoms with Gasteiger partial charge in [-0.25, -0.2) is 4.99 Å². The molecule has 3 N–H and O–H groups in total. The van der Waals surface area contributed by atoms with E-state index in [2.05, 4.69) is 15.5 Å². The van der Waals surface area contributed by atoms with Crippen LogP contribution in [0.25, 0.3) is 0 Å². The van der Waals surface area contributed by atoms with Crippen molar-refractivity contribution >= 4 is 11.9 Å². The fourth-order valence-corrected chi connectivity index (χ4v) is 1.95. The molecule has 1 atom stereocenters. The third-order valence-corrected chi connectivity index (χ3v) is 3.02. The van der Waals surface area contributed by atoms with Crippen LogP contribution in [0, 0.1) is 0 Å². The molecule has 4 heteroatoms. The third kappa shape index (κ3) is 2.26. The molecule has 2 aromatic rings. The van der Waals surface area contributed by atoms with Gasteiger partial charge in [-0.2, -0.15) is 5.10 Å². The Bertz CT molecular complexity index is 619. The smallest absolute Gasteiger partial charge is 0.223 e. The van der Waals surface area contributed by atoms with Gasteiger partial charge in [-0.3, -0.25) is 11.2 Å². The van der Waals surface area contributed by atoms with Crippen LogP contribution in [0.2, 0.25) is 0 Å². The van der Waals surface area contributed by atoms with Crippen molar-refractivity contribution in [2.24, 2.45) is 15.8 Å². The van der Waals surface area contributed by atoms with E-state index in [1.807, 2.05) is 60.7 Å². The first kappa shape index (κ1) is 11.6. The number of hydrogen-bond acceptors (Lipinski definition) is 4. The van der Waals surface area contributed by atoms with E-state index in [1.165, 1.54) is 0 Å². The first-order valence-electron chi connectivity index (χ1n) is 6.08. The van der Waals surface area contributed by atoms with Gasteiger partial charge in [0.25, 0.3) is 0 Å². The molecule has 1 aliphatic heterocycles. The molecule has 1 unspecified atom stereocenters. The SMILES string of the molecule is NC1(c2ccccc2)N=CC(c2ccccc2)=NN1. The summed E-state index contributed by atoms with van der Waals surface area (Å²) >= 11 is 0. The number of aliphatic imine (C=N–C) groups is 1. The molecule has 0 aliphatic carbocycles. The van der Waals surface area contributed by atoms with Crippen LogP contribution in [0.3, 0.4) is 0 Å². The highest BCUT2D eigenvalue weighted by atomic mass is 15.5. The van der Waals surface area contributed by atoms with Gasteiger partial charge in [0.15, 0.2) is 0 Å². The number of benzene rings is 2. The fraction of sp³-hybridized carbons (Fsp3) is 0.0667. The van der Waals surface area contributed by atoms with Crippen LogP contribution in [0.5, 0.6) is 0 Å². The van der Waals surface area contributed by atoms with Crippen LogP contribution >= 0.6 is 0 Å². The quantitative estimate of drug-likeness (QED) is 0.854. The Kier molecular flexibility index (Phi) is 2.85. The van der Waals surface area contributed by atoms with Gasteiger partial charge in [0.05, 0.1) is 6.21 Å². The summed E-state index contributed by atoms with van der Waals surface area (Å²) in [5.41, 5.74) is 11.8. The maximum atomic E-state index is 6.20. The Morgan fingerprint density at radius 2 is 1.53 bits per heavy atom. The van der Waals surface area contributed by atoms with Gasteiger partial charge >= 0.3 is 0 Å². The zero-order chi connectivity index (χ0) is 13.1. The Labute approximate surface area is 111 Å². The maximum absolute atomic E-state index is 6.20. The average Bonchev–Trinajstić information content (AvgIpc) is 2.50. The van der Waals surface area contributed by atoms with Crippen LogP contribution in [-0.2, 0) is 5.79 Å². The van der Waals surface area contributed by atoms with E-state index in [0.29, 0.717) is 0 Å². The molecule has 0 saturated carbocycles. The zero-order valence-corrected chi connectivity index (χ0v) is 10.3. The van der Waals surface area contributed by atoms with E-state index in [0.717, 1.165) is 16.8 Å². The van der Waals surface area contributed by atoms with Gasteiger partial charge in [0.2, 0.25) is 5.79 Å². The van der Waals surface area contributed by atoms with E-state index in [4.69, 9.17) is 5.73 Å². The highest BCUT2D eigenvalue weighted by molar-refractivity contribution is 6.38. The fourth-order valence-electron chi connectivity index (χ4n) is 1.95. The molecule has 4 nitrogen and oxygen atoms in total. The number of rotatable bonds is 2. The Hall–Kier alpha value is -2.46. The van der Waals surface area contributed by atoms with Crippen molar-refractivity contribution in [3.8, 4) is 0 Å². The van der Waals surface area contributed by atoms with Crippen LogP contribution in [0.4, 0.5) is 0 Å². The molecule has 0 amide bonds. The number of nitrogens with zero attached hydrogens (tertiary/aromatic N) is 2. The first-order chi connectivity index (χ1) is 9.28. The molecule has 94 valence electrons. The highest BCUT2D eigenvalue weighted by Crippen LogP contribution is 2.18. The summed E-state index contributed by atoms with van der Waals surface area (Å²) in [5.74, 6) is -0.987. The molecule has 0 spiro atoms. The predicted molar refractivity (Wildman–Crippen MR) is 76.9 cm³/mol. The van der Waals surface area contributed by atoms with Gasteiger partial charge < -0.3 is 0 Å². The van der Waals surface area contributed by atoms with Crippen molar-refractivity contribution in [2.75, 3.05) is 0 Å². The molecule has 0 bridgehead atoms. The summed E-state index contributed by atoms with van der Waals surface area (Å²) < 4.78 is 0. The summed E-state index contributed by atoms with van der Waals surface area (Å²) in [7, 11) is 0. The second-order valence-corrected chi connectivity index (χ2v) is 4.37. The monoisotopic (exact) mass is 250 g/mol. The lowest BCUT2D eigenvalue weighted by Crippen LogP contribution is -2.49. The molecule has 0 radical (unpaired) electrons. The molecule has 1 heterocycles. The first-order valence-corrected chi connectivity index (χ1v) is 6.08. The average molecular weight is 250 g/mol. The largest absolute Gasteiger partial charge is 0.285 e. The molecule has 0 saturated heterocycles. The molecule has 0 fully saturated rings. The van der Waals surface area contributed by atoms with Crippen LogP contribution in [0.1, 0.15) is 11.1 Å². The summed E-state index contributed by atoms with van der Waals surface area (Å²) in [4.78, 5) is 4.40. The maximum Gasteiger partial charge on any atom is 0.223 e. The lowest BCUT2D eigenvalue weighted by molar-refractivity contribution is 0.370. The Morgan fingerprint density at radius 3 is 2.11 bits per heavy atom. The summed E-state index contributed by atoms with van der Waals surface area (Å²) in [6, 6.07) is 19.5. The normalized spacial score (nSPS) is 21.6. The predicted octanol–water partition coefficient (Wildman–Crippen LogP) is 1.83. The molecule has 0 aromatic heterocycles. The van der Waals surface area contributed by atoms with Gasteiger partial charge in [0.1, 0.15) is 5.71 Å². The van der Waals surface area contributed by atoms with Gasteiger partial charge in [0, 0.05) is 11.1 Å². The van der Waals surface area contributed by atoms with Crippen LogP contribution in [-0.4, -0.2) is 11.9 Å². The summed E-state index contributed by atoms with van der Waals surface area (Å²) in [6.07, 6.45) is 1.71. The minimum Gasteiger partial charge on any atom is -0.285 e. The van der Waals surface area contributed by atoms with Crippen molar-refractivity contribution in [3.63, 3.8) is 0 Å². The van der Waals surface area contributed by atoms with E-state index in [1.54, 1.807) is 6.21 Å². The van der Waals surface area contributed by atoms with Crippen molar-refractivity contribution in [3.05, 3.63) is 71.8 Å². The highest BCUT2D eigenvalue weighted by Gasteiger charge is 2.27. The Balaban J connectivity index is 1.87. The molecule has 2 aromatic carbocycles. The summed E-state index contributed by atoms with van der Waals surface area (Å²) in [5, 5.41) is 4.32. The lowest BCUT2D eigenvalue weighted by atomic mass is 10.1. The molecular weight excluding hydrogens is 236 g/mol. The molecular formula is C15H14N4. The Morgan fingerprint density at radius 1 is 0.895 bits per heavy atom. The van der Waals surface area contributed by atoms with Crippen molar-refractivity contribution < 1.29 is 0 Å². The van der Waals surface area contributed by atoms with Crippen molar-refractivity contribution in [1.82, 2.24) is 5.43 Å². The minimum atomic E-state index is -0.987. The van der Waals surface area contributed by atoms with Gasteiger partial charge in [-0.05, 0) is 0 Å². The van der Waals surface area contributed by atoms with Crippen molar-refractivity contribution in [2.45, 2.75) is 5.79 Å². The van der Waals surface area contributed by atoms with E-state index in [9.17, 15) is 0 Å². The van der Waals surface area contributed by atoms with Crippen LogP contribution < -0.4 is 11.2 Å². The standard InChI is InChI=1S/C15H14N4/c16-15(13-9-5-2-6-10-13)17-11-14(18-19-15)12-7-3-1-4-8-12/h1-11,19H,16H2. The van der Waals surface area contributed by atoms with Gasteiger partial charge in [-0.15, -0.1) is 0 Å². The number of hydrogen-bond donors (Lipinski definition) is 2. The number of nitrogens with one attached hydrogen (secondary N) is 1. The third-order valence-electron chi connectivity index (χ3n) is 3.02. The molecule has 3 rings (SSSR count). The van der Waals surface area contributed by atoms with E-state index in [-0.39, 0.29) is 0 Å². The van der Waals surface area contributed by atoms with E-state index < -0.39 is 5.79 Å². The van der Waals surface area contributed by atoms with Crippen LogP contribution in [0.15, 0.2) is 70.8 Å². The van der Waals surface area contributed by atoms with Gasteiger partial charge in [-0.1, -0.05) is 60.7 Å². The van der Waals surface area contributed by atoms with Crippen molar-refractivity contribution in [1.29, 1.82) is 0 Å². The number of nitrogens with two attached hydrogens (primary N) is 1. The zero-order valence-electron chi connectivity index (χ0n) is 10.3. The molecule has 1 aliphatic rings. The summed E-state index contributed by atoms with van der Waals surface area (Å²) in [6.45, 7) is 0. The molecule has 19 heavy (non-hydrogen) atoms. The second kappa shape index (κ2) is 4.66. The topological polar surface area (TPSA) is 62.8 Å².